The van der Waals surface area contributed by atoms with E-state index in [-0.39, 0.29) is 29.7 Å². The van der Waals surface area contributed by atoms with E-state index in [1.165, 1.54) is 5.69 Å². The molecule has 0 aliphatic carbocycles. The van der Waals surface area contributed by atoms with Crippen molar-refractivity contribution in [3.05, 3.63) is 58.9 Å². The van der Waals surface area contributed by atoms with E-state index in [0.717, 1.165) is 56.7 Å². The molecule has 2 saturated heterocycles. The van der Waals surface area contributed by atoms with Crippen LogP contribution in [0.4, 0.5) is 0 Å². The molecular weight excluding hydrogens is 418 g/mol. The predicted molar refractivity (Wildman–Crippen MR) is 121 cm³/mol. The van der Waals surface area contributed by atoms with Crippen LogP contribution in [0.1, 0.15) is 52.9 Å². The van der Waals surface area contributed by atoms with Crippen LogP contribution in [0.5, 0.6) is 0 Å². The van der Waals surface area contributed by atoms with E-state index >= 15 is 0 Å². The zero-order valence-corrected chi connectivity index (χ0v) is 18.7. The second-order valence-corrected chi connectivity index (χ2v) is 9.71. The Morgan fingerprint density at radius 2 is 2.03 bits per heavy atom. The second-order valence-electron chi connectivity index (χ2n) is 9.71. The van der Waals surface area contributed by atoms with Gasteiger partial charge < -0.3 is 14.8 Å². The standard InChI is InChI=1S/C25H29N5O3/c31-22-7-6-20(23(32)27-22)30-15-18-5-4-17(13-19(18)24(30)33)14-29-12-11-28-10-1-3-21(28)25(29)8-2-9-26-16-25/h1,3-5,10,13,20,26H,2,6-9,11-12,14-16H2,(H,27,31,32). The molecule has 0 bridgehead atoms. The minimum atomic E-state index is -0.572. The van der Waals surface area contributed by atoms with Gasteiger partial charge in [0.1, 0.15) is 6.04 Å². The highest BCUT2D eigenvalue weighted by Gasteiger charge is 2.44. The highest BCUT2D eigenvalue weighted by molar-refractivity contribution is 6.05. The molecule has 0 radical (unpaired) electrons. The van der Waals surface area contributed by atoms with Crippen LogP contribution in [0.2, 0.25) is 0 Å². The van der Waals surface area contributed by atoms with Gasteiger partial charge in [-0.2, -0.15) is 0 Å². The summed E-state index contributed by atoms with van der Waals surface area (Å²) < 4.78 is 2.38. The van der Waals surface area contributed by atoms with Gasteiger partial charge in [-0.15, -0.1) is 0 Å². The fourth-order valence-electron chi connectivity index (χ4n) is 6.16. The molecule has 8 heteroatoms. The number of nitrogens with one attached hydrogen (secondary N) is 2. The van der Waals surface area contributed by atoms with E-state index in [2.05, 4.69) is 44.5 Å². The van der Waals surface area contributed by atoms with Gasteiger partial charge in [0.15, 0.2) is 0 Å². The summed E-state index contributed by atoms with van der Waals surface area (Å²) in [5.41, 5.74) is 4.12. The minimum absolute atomic E-state index is 0.0260. The molecule has 33 heavy (non-hydrogen) atoms. The van der Waals surface area contributed by atoms with Crippen LogP contribution in [0.25, 0.3) is 0 Å². The lowest BCUT2D eigenvalue weighted by Gasteiger charge is -2.50. The predicted octanol–water partition coefficient (Wildman–Crippen LogP) is 1.34. The molecule has 2 unspecified atom stereocenters. The Balaban J connectivity index is 1.25. The molecule has 2 atom stereocenters. The van der Waals surface area contributed by atoms with E-state index in [9.17, 15) is 14.4 Å². The third kappa shape index (κ3) is 3.31. The molecular formula is C25H29N5O3. The molecule has 2 aromatic rings. The van der Waals surface area contributed by atoms with Crippen LogP contribution in [-0.2, 0) is 34.8 Å². The number of imide groups is 1. The number of rotatable bonds is 3. The maximum absolute atomic E-state index is 13.2. The van der Waals surface area contributed by atoms with Crippen LogP contribution in [0.3, 0.4) is 0 Å². The Bertz CT molecular complexity index is 1130. The van der Waals surface area contributed by atoms with Crippen molar-refractivity contribution < 1.29 is 14.4 Å². The number of hydrogen-bond acceptors (Lipinski definition) is 5. The van der Waals surface area contributed by atoms with Crippen molar-refractivity contribution in [1.29, 1.82) is 0 Å². The number of nitrogens with zero attached hydrogens (tertiary/aromatic N) is 3. The Hall–Kier alpha value is -2.97. The maximum atomic E-state index is 13.2. The Morgan fingerprint density at radius 1 is 1.12 bits per heavy atom. The van der Waals surface area contributed by atoms with Gasteiger partial charge in [-0.25, -0.2) is 0 Å². The molecule has 4 aliphatic rings. The largest absolute Gasteiger partial charge is 0.348 e. The van der Waals surface area contributed by atoms with Crippen molar-refractivity contribution in [2.75, 3.05) is 19.6 Å². The number of benzene rings is 1. The van der Waals surface area contributed by atoms with Crippen LogP contribution in [0.15, 0.2) is 36.5 Å². The summed E-state index contributed by atoms with van der Waals surface area (Å²) in [4.78, 5) is 41.3. The zero-order valence-electron chi connectivity index (χ0n) is 18.7. The van der Waals surface area contributed by atoms with Crippen LogP contribution in [0, 0.1) is 0 Å². The number of carbonyl (C=O) groups excluding carboxylic acids is 3. The quantitative estimate of drug-likeness (QED) is 0.694. The van der Waals surface area contributed by atoms with Crippen LogP contribution >= 0.6 is 0 Å². The smallest absolute Gasteiger partial charge is 0.255 e. The van der Waals surface area contributed by atoms with Gasteiger partial charge in [-0.05, 0) is 55.1 Å². The number of hydrogen-bond donors (Lipinski definition) is 2. The third-order valence-corrected chi connectivity index (χ3v) is 7.85. The number of amides is 3. The Labute approximate surface area is 192 Å². The summed E-state index contributed by atoms with van der Waals surface area (Å²) in [7, 11) is 0. The highest BCUT2D eigenvalue weighted by Crippen LogP contribution is 2.39. The summed E-state index contributed by atoms with van der Waals surface area (Å²) in [6.07, 6.45) is 5.11. The molecule has 1 aromatic heterocycles. The highest BCUT2D eigenvalue weighted by atomic mass is 16.2. The Kier molecular flexibility index (Phi) is 4.88. The molecule has 1 spiro atoms. The molecule has 2 fully saturated rings. The molecule has 0 saturated carbocycles. The first-order chi connectivity index (χ1) is 16.0. The number of piperidine rings is 2. The Morgan fingerprint density at radius 3 is 2.85 bits per heavy atom. The molecule has 2 N–H and O–H groups in total. The van der Waals surface area contributed by atoms with Gasteiger partial charge in [0.25, 0.3) is 5.91 Å². The maximum Gasteiger partial charge on any atom is 0.255 e. The van der Waals surface area contributed by atoms with Crippen LogP contribution in [-0.4, -0.2) is 57.8 Å². The molecule has 8 nitrogen and oxygen atoms in total. The average molecular weight is 448 g/mol. The first-order valence-corrected chi connectivity index (χ1v) is 11.9. The van der Waals surface area contributed by atoms with E-state index in [0.29, 0.717) is 18.5 Å². The number of aromatic nitrogens is 1. The van der Waals surface area contributed by atoms with Gasteiger partial charge >= 0.3 is 0 Å². The van der Waals surface area contributed by atoms with E-state index in [1.807, 2.05) is 12.1 Å². The summed E-state index contributed by atoms with van der Waals surface area (Å²) in [6, 6.07) is 10.00. The van der Waals surface area contributed by atoms with Gasteiger partial charge in [0, 0.05) is 56.6 Å². The van der Waals surface area contributed by atoms with Crippen molar-refractivity contribution in [3.8, 4) is 0 Å². The summed E-state index contributed by atoms with van der Waals surface area (Å²) in [5.74, 6) is -0.736. The van der Waals surface area contributed by atoms with Crippen molar-refractivity contribution in [1.82, 2.24) is 25.0 Å². The second kappa shape index (κ2) is 7.81. The van der Waals surface area contributed by atoms with Gasteiger partial charge in [0.05, 0.1) is 5.54 Å². The first-order valence-electron chi connectivity index (χ1n) is 11.9. The molecule has 5 heterocycles. The summed E-state index contributed by atoms with van der Waals surface area (Å²) in [6.45, 7) is 5.13. The SMILES string of the molecule is O=C1CCC(N2Cc3ccc(CN4CCn5cccc5C45CCCNC5)cc3C2=O)C(=O)N1. The molecule has 4 aliphatic heterocycles. The first kappa shape index (κ1) is 20.6. The van der Waals surface area contributed by atoms with E-state index in [4.69, 9.17) is 0 Å². The fraction of sp³-hybridized carbons (Fsp3) is 0.480. The fourth-order valence-corrected chi connectivity index (χ4v) is 6.16. The third-order valence-electron chi connectivity index (χ3n) is 7.85. The molecule has 6 rings (SSSR count). The number of fused-ring (bicyclic) bond motifs is 3. The van der Waals surface area contributed by atoms with E-state index < -0.39 is 6.04 Å². The molecule has 1 aromatic carbocycles. The minimum Gasteiger partial charge on any atom is -0.348 e. The number of carbonyl (C=O) groups is 3. The van der Waals surface area contributed by atoms with Crippen LogP contribution < -0.4 is 10.6 Å². The lowest BCUT2D eigenvalue weighted by Crippen LogP contribution is -2.58. The van der Waals surface area contributed by atoms with Crippen molar-refractivity contribution in [2.45, 2.75) is 56.9 Å². The lowest BCUT2D eigenvalue weighted by atomic mass is 9.83. The van der Waals surface area contributed by atoms with E-state index in [1.54, 1.807) is 4.90 Å². The summed E-state index contributed by atoms with van der Waals surface area (Å²) in [5, 5.41) is 5.98. The topological polar surface area (TPSA) is 86.7 Å². The van der Waals surface area contributed by atoms with Gasteiger partial charge in [0.2, 0.25) is 11.8 Å². The monoisotopic (exact) mass is 447 g/mol. The normalized spacial score (nSPS) is 27.6. The van der Waals surface area contributed by atoms with Crippen molar-refractivity contribution in [3.63, 3.8) is 0 Å². The van der Waals surface area contributed by atoms with Gasteiger partial charge in [-0.1, -0.05) is 12.1 Å². The average Bonchev–Trinajstić information content (AvgIpc) is 3.42. The molecule has 172 valence electrons. The zero-order chi connectivity index (χ0) is 22.6. The van der Waals surface area contributed by atoms with Crippen molar-refractivity contribution in [2.24, 2.45) is 0 Å². The lowest BCUT2D eigenvalue weighted by molar-refractivity contribution is -0.136. The summed E-state index contributed by atoms with van der Waals surface area (Å²) >= 11 is 0. The van der Waals surface area contributed by atoms with Crippen molar-refractivity contribution >= 4 is 17.7 Å². The molecule has 3 amide bonds. The van der Waals surface area contributed by atoms with Gasteiger partial charge in [-0.3, -0.25) is 24.6 Å².